The van der Waals surface area contributed by atoms with Crippen LogP contribution in [0.4, 0.5) is 19.0 Å². The van der Waals surface area contributed by atoms with Crippen molar-refractivity contribution in [2.45, 2.75) is 77.3 Å². The summed E-state index contributed by atoms with van der Waals surface area (Å²) in [5, 5.41) is 17.4. The Labute approximate surface area is 232 Å². The highest BCUT2D eigenvalue weighted by Gasteiger charge is 2.51. The Morgan fingerprint density at radius 3 is 2.77 bits per heavy atom. The highest BCUT2D eigenvalue weighted by molar-refractivity contribution is 7.18. The second-order valence-corrected chi connectivity index (χ2v) is 11.8. The van der Waals surface area contributed by atoms with Crippen molar-refractivity contribution in [1.82, 2.24) is 24.7 Å². The second kappa shape index (κ2) is 10.2. The average Bonchev–Trinajstić information content (AvgIpc) is 3.64. The van der Waals surface area contributed by atoms with E-state index in [1.54, 1.807) is 11.3 Å². The maximum atomic E-state index is 13.4. The molecule has 1 N–H and O–H groups in total. The van der Waals surface area contributed by atoms with Crippen molar-refractivity contribution in [2.24, 2.45) is 5.92 Å². The average molecular weight is 581 g/mol. The van der Waals surface area contributed by atoms with Crippen LogP contribution in [0.1, 0.15) is 49.5 Å². The van der Waals surface area contributed by atoms with E-state index in [9.17, 15) is 18.3 Å². The molecule has 1 fully saturated rings. The van der Waals surface area contributed by atoms with E-state index in [1.165, 1.54) is 4.88 Å². The van der Waals surface area contributed by atoms with E-state index in [4.69, 9.17) is 24.2 Å². The molecule has 3 aromatic heterocycles. The highest BCUT2D eigenvalue weighted by Crippen LogP contribution is 2.43. The second-order valence-electron chi connectivity index (χ2n) is 10.7. The molecule has 40 heavy (non-hydrogen) atoms. The first-order valence-corrected chi connectivity index (χ1v) is 14.2. The van der Waals surface area contributed by atoms with Gasteiger partial charge in [-0.25, -0.2) is 9.97 Å². The van der Waals surface area contributed by atoms with E-state index in [2.05, 4.69) is 23.2 Å². The van der Waals surface area contributed by atoms with Crippen molar-refractivity contribution in [2.75, 3.05) is 24.7 Å². The van der Waals surface area contributed by atoms with Crippen LogP contribution in [-0.2, 0) is 46.3 Å². The number of halogens is 3. The molecule has 0 spiro atoms. The summed E-state index contributed by atoms with van der Waals surface area (Å²) in [6, 6.07) is 2.09. The molecule has 216 valence electrons. The molecular weight excluding hydrogens is 549 g/mol. The third-order valence-electron chi connectivity index (χ3n) is 7.26. The van der Waals surface area contributed by atoms with Crippen molar-refractivity contribution in [1.29, 1.82) is 0 Å². The Hall–Kier alpha value is -2.81. The Balaban J connectivity index is 1.33. The minimum absolute atomic E-state index is 0.102. The number of rotatable bonds is 8. The van der Waals surface area contributed by atoms with E-state index in [0.29, 0.717) is 30.4 Å². The van der Waals surface area contributed by atoms with Crippen LogP contribution in [0.2, 0.25) is 0 Å². The minimum Gasteiger partial charge on any atom is -0.493 e. The molecule has 1 saturated heterocycles. The van der Waals surface area contributed by atoms with Gasteiger partial charge < -0.3 is 28.8 Å². The number of fused-ring (bicyclic) bond motifs is 3. The fourth-order valence-electron chi connectivity index (χ4n) is 5.65. The number of aryl methyl sites for hydroxylation is 1. The number of thiophene rings is 1. The van der Waals surface area contributed by atoms with Gasteiger partial charge in [0.2, 0.25) is 5.82 Å². The molecule has 0 radical (unpaired) electrons. The number of alkyl halides is 3. The van der Waals surface area contributed by atoms with Crippen molar-refractivity contribution in [3.63, 3.8) is 0 Å². The fourth-order valence-corrected chi connectivity index (χ4v) is 6.79. The van der Waals surface area contributed by atoms with Crippen molar-refractivity contribution in [3.8, 4) is 0 Å². The fraction of sp³-hybridized carbons (Fsp3) is 0.615. The zero-order valence-electron chi connectivity index (χ0n) is 22.4. The van der Waals surface area contributed by atoms with Crippen molar-refractivity contribution in [3.05, 3.63) is 40.3 Å². The van der Waals surface area contributed by atoms with Gasteiger partial charge in [0, 0.05) is 30.3 Å². The number of aliphatic hydroxyl groups is 1. The predicted octanol–water partition coefficient (Wildman–Crippen LogP) is 3.86. The number of anilines is 1. The van der Waals surface area contributed by atoms with Crippen molar-refractivity contribution >= 4 is 27.4 Å². The van der Waals surface area contributed by atoms with Crippen LogP contribution < -0.4 is 4.90 Å². The van der Waals surface area contributed by atoms with Gasteiger partial charge in [0.05, 0.1) is 18.5 Å². The summed E-state index contributed by atoms with van der Waals surface area (Å²) in [5.41, 5.74) is 0. The number of aliphatic hydroxyl groups excluding tert-OH is 1. The minimum atomic E-state index is -4.56. The molecule has 6 rings (SSSR count). The molecule has 0 saturated carbocycles. The van der Waals surface area contributed by atoms with E-state index in [-0.39, 0.29) is 50.3 Å². The van der Waals surface area contributed by atoms with Gasteiger partial charge >= 0.3 is 6.18 Å². The molecule has 1 aliphatic carbocycles. The molecule has 0 aromatic carbocycles. The van der Waals surface area contributed by atoms with Crippen LogP contribution in [0.5, 0.6) is 0 Å². The maximum absolute atomic E-state index is 13.4. The van der Waals surface area contributed by atoms with Gasteiger partial charge in [-0.15, -0.1) is 21.5 Å². The molecule has 3 aromatic rings. The van der Waals surface area contributed by atoms with Gasteiger partial charge in [-0.1, -0.05) is 13.3 Å². The van der Waals surface area contributed by atoms with Crippen LogP contribution in [0.3, 0.4) is 0 Å². The van der Waals surface area contributed by atoms with E-state index in [0.717, 1.165) is 27.6 Å². The Kier molecular flexibility index (Phi) is 7.00. The third-order valence-corrected chi connectivity index (χ3v) is 8.35. The summed E-state index contributed by atoms with van der Waals surface area (Å²) < 4.78 is 59.4. The zero-order valence-corrected chi connectivity index (χ0v) is 23.3. The lowest BCUT2D eigenvalue weighted by atomic mass is 10.0. The molecule has 2 aliphatic heterocycles. The standard InChI is InChI=1S/C26H31F3N6O4S/c1-4-5-15-12-16-22(34-6-7-35-19(13-34)32-33-24(35)26(27,28)29)30-18(31-23(16)40-15)11-14-10-17(37-9-8-36)21-20(14)38-25(2,3)39-21/h10,12,14,20-21,36H,4-9,11,13H2,1-3H3/t14-,20-,21-/m0/s1. The van der Waals surface area contributed by atoms with Gasteiger partial charge in [0.1, 0.15) is 41.0 Å². The Bertz CT molecular complexity index is 1440. The van der Waals surface area contributed by atoms with Gasteiger partial charge in [0.25, 0.3) is 0 Å². The summed E-state index contributed by atoms with van der Waals surface area (Å²) in [6.07, 6.45) is -0.929. The molecule has 3 aliphatic rings. The summed E-state index contributed by atoms with van der Waals surface area (Å²) in [6.45, 7) is 6.46. The van der Waals surface area contributed by atoms with Crippen LogP contribution in [0, 0.1) is 5.92 Å². The number of nitrogens with zero attached hydrogens (tertiary/aromatic N) is 6. The normalized spacial score (nSPS) is 23.9. The first-order valence-electron chi connectivity index (χ1n) is 13.4. The van der Waals surface area contributed by atoms with Gasteiger partial charge in [-0.05, 0) is 32.4 Å². The largest absolute Gasteiger partial charge is 0.493 e. The maximum Gasteiger partial charge on any atom is 0.451 e. The monoisotopic (exact) mass is 580 g/mol. The zero-order chi connectivity index (χ0) is 28.2. The first-order chi connectivity index (χ1) is 19.1. The van der Waals surface area contributed by atoms with Crippen molar-refractivity contribution < 1.29 is 32.5 Å². The summed E-state index contributed by atoms with van der Waals surface area (Å²) in [7, 11) is 0. The van der Waals surface area contributed by atoms with Crippen LogP contribution in [-0.4, -0.2) is 67.6 Å². The quantitative estimate of drug-likeness (QED) is 0.425. The van der Waals surface area contributed by atoms with Gasteiger partial charge in [-0.3, -0.25) is 0 Å². The SMILES string of the molecule is CCCc1cc2c(N3CCn4c(nnc4C(F)(F)F)C3)nc(C[C@@H]3C=C(OCCO)[C@@H]4OC(C)(C)O[C@@H]34)nc2s1. The smallest absolute Gasteiger partial charge is 0.451 e. The lowest BCUT2D eigenvalue weighted by molar-refractivity contribution is -0.151. The third kappa shape index (κ3) is 5.06. The molecule has 0 amide bonds. The molecule has 14 heteroatoms. The van der Waals surface area contributed by atoms with E-state index in [1.807, 2.05) is 24.8 Å². The number of hydrogen-bond donors (Lipinski definition) is 1. The lowest BCUT2D eigenvalue weighted by Crippen LogP contribution is -2.36. The highest BCUT2D eigenvalue weighted by atomic mass is 32.1. The number of hydrogen-bond acceptors (Lipinski definition) is 10. The summed E-state index contributed by atoms with van der Waals surface area (Å²) in [5.74, 6) is 0.287. The first kappa shape index (κ1) is 27.4. The van der Waals surface area contributed by atoms with Crippen LogP contribution in [0.15, 0.2) is 17.9 Å². The summed E-state index contributed by atoms with van der Waals surface area (Å²) >= 11 is 1.61. The van der Waals surface area contributed by atoms with Gasteiger partial charge in [-0.2, -0.15) is 13.2 Å². The molecule has 3 atom stereocenters. The number of ether oxygens (including phenoxy) is 3. The van der Waals surface area contributed by atoms with Crippen LogP contribution in [0.25, 0.3) is 10.2 Å². The van der Waals surface area contributed by atoms with E-state index >= 15 is 0 Å². The molecule has 5 heterocycles. The Morgan fingerprint density at radius 1 is 1.20 bits per heavy atom. The summed E-state index contributed by atoms with van der Waals surface area (Å²) in [4.78, 5) is 13.8. The molecule has 0 bridgehead atoms. The number of aromatic nitrogens is 5. The van der Waals surface area contributed by atoms with Gasteiger partial charge in [0.15, 0.2) is 11.6 Å². The predicted molar refractivity (Wildman–Crippen MR) is 140 cm³/mol. The topological polar surface area (TPSA) is 108 Å². The lowest BCUT2D eigenvalue weighted by Gasteiger charge is -2.29. The Morgan fingerprint density at radius 2 is 2.02 bits per heavy atom. The molecule has 0 unspecified atom stereocenters. The van der Waals surface area contributed by atoms with Crippen LogP contribution >= 0.6 is 11.3 Å². The molecule has 10 nitrogen and oxygen atoms in total. The molecular formula is C26H31F3N6O4S. The van der Waals surface area contributed by atoms with E-state index < -0.39 is 17.8 Å².